The highest BCUT2D eigenvalue weighted by Gasteiger charge is 2.30. The van der Waals surface area contributed by atoms with Gasteiger partial charge in [-0.2, -0.15) is 13.2 Å². The maximum absolute atomic E-state index is 12.7. The number of hydrogen-bond donors (Lipinski definition) is 2. The van der Waals surface area contributed by atoms with E-state index >= 15 is 0 Å². The van der Waals surface area contributed by atoms with Crippen LogP contribution >= 0.6 is 0 Å². The fraction of sp³-hybridized carbons (Fsp3) is 0.0500. The topological polar surface area (TPSA) is 102 Å². The van der Waals surface area contributed by atoms with E-state index in [2.05, 4.69) is 25.0 Å². The number of nitrogens with zero attached hydrogens (tertiary/aromatic N) is 4. The maximum atomic E-state index is 12.7. The van der Waals surface area contributed by atoms with Gasteiger partial charge in [0.15, 0.2) is 0 Å². The molecular formula is C20H15F3N6O2S. The van der Waals surface area contributed by atoms with Crippen molar-refractivity contribution >= 4 is 27.2 Å². The van der Waals surface area contributed by atoms with Crippen molar-refractivity contribution in [1.29, 1.82) is 0 Å². The Bertz CT molecular complexity index is 1310. The number of rotatable bonds is 6. The molecule has 0 spiro atoms. The number of nitrogens with one attached hydrogen (secondary N) is 2. The minimum Gasteiger partial charge on any atom is -0.340 e. The van der Waals surface area contributed by atoms with Crippen LogP contribution in [0.4, 0.5) is 30.4 Å². The number of benzene rings is 2. The molecule has 0 aliphatic carbocycles. The van der Waals surface area contributed by atoms with Crippen LogP contribution in [0.2, 0.25) is 0 Å². The highest BCUT2D eigenvalue weighted by Crippen LogP contribution is 2.30. The van der Waals surface area contributed by atoms with Crippen molar-refractivity contribution in [2.45, 2.75) is 11.1 Å². The molecule has 0 aliphatic rings. The number of aromatic nitrogens is 4. The molecule has 2 aromatic carbocycles. The average Bonchev–Trinajstić information content (AvgIpc) is 3.30. The molecule has 2 aromatic heterocycles. The van der Waals surface area contributed by atoms with Crippen LogP contribution in [0.3, 0.4) is 0 Å². The highest BCUT2D eigenvalue weighted by molar-refractivity contribution is 7.92. The first-order valence-corrected chi connectivity index (χ1v) is 10.6. The zero-order valence-electron chi connectivity index (χ0n) is 16.2. The van der Waals surface area contributed by atoms with Crippen LogP contribution in [-0.4, -0.2) is 27.9 Å². The summed E-state index contributed by atoms with van der Waals surface area (Å²) in [4.78, 5) is 12.0. The maximum Gasteiger partial charge on any atom is 0.416 e. The number of sulfonamides is 1. The third-order valence-corrected chi connectivity index (χ3v) is 5.72. The van der Waals surface area contributed by atoms with Gasteiger partial charge in [-0.25, -0.2) is 23.4 Å². The fourth-order valence-corrected chi connectivity index (χ4v) is 3.82. The third kappa shape index (κ3) is 4.86. The van der Waals surface area contributed by atoms with Crippen LogP contribution in [0.5, 0.6) is 0 Å². The van der Waals surface area contributed by atoms with Gasteiger partial charge in [-0.15, -0.1) is 0 Å². The molecule has 0 unspecified atom stereocenters. The van der Waals surface area contributed by atoms with Crippen LogP contribution in [0.15, 0.2) is 84.5 Å². The van der Waals surface area contributed by atoms with Gasteiger partial charge in [-0.3, -0.25) is 9.29 Å². The van der Waals surface area contributed by atoms with E-state index in [1.165, 1.54) is 18.5 Å². The Morgan fingerprint density at radius 3 is 2.22 bits per heavy atom. The molecule has 2 heterocycles. The van der Waals surface area contributed by atoms with Crippen LogP contribution < -0.4 is 10.0 Å². The Morgan fingerprint density at radius 1 is 0.906 bits per heavy atom. The third-order valence-electron chi connectivity index (χ3n) is 4.32. The van der Waals surface area contributed by atoms with Crippen molar-refractivity contribution in [1.82, 2.24) is 19.5 Å². The smallest absolute Gasteiger partial charge is 0.340 e. The van der Waals surface area contributed by atoms with E-state index in [-0.39, 0.29) is 10.6 Å². The van der Waals surface area contributed by atoms with Gasteiger partial charge in [0.25, 0.3) is 10.0 Å². The highest BCUT2D eigenvalue weighted by atomic mass is 32.2. The largest absolute Gasteiger partial charge is 0.416 e. The van der Waals surface area contributed by atoms with Crippen LogP contribution in [0.1, 0.15) is 5.56 Å². The minimum absolute atomic E-state index is 0.247. The van der Waals surface area contributed by atoms with E-state index in [9.17, 15) is 21.6 Å². The van der Waals surface area contributed by atoms with Crippen LogP contribution in [0.25, 0.3) is 5.82 Å². The molecule has 4 aromatic rings. The summed E-state index contributed by atoms with van der Waals surface area (Å²) < 4.78 is 67.0. The predicted octanol–water partition coefficient (Wildman–Crippen LogP) is 4.23. The summed E-state index contributed by atoms with van der Waals surface area (Å²) in [6.07, 6.45) is 1.82. The molecule has 0 atom stereocenters. The van der Waals surface area contributed by atoms with E-state index in [0.29, 0.717) is 17.3 Å². The molecule has 0 fully saturated rings. The summed E-state index contributed by atoms with van der Waals surface area (Å²) >= 11 is 0. The van der Waals surface area contributed by atoms with Gasteiger partial charge in [0.2, 0.25) is 0 Å². The lowest BCUT2D eigenvalue weighted by atomic mass is 10.2. The lowest BCUT2D eigenvalue weighted by Crippen LogP contribution is -2.13. The van der Waals surface area contributed by atoms with Crippen molar-refractivity contribution in [2.75, 3.05) is 10.0 Å². The SMILES string of the molecule is O=S(=O)(Nc1ccc(Nc2cc(-n3ccnc3)ncn2)cc1)c1ccc(C(F)(F)F)cc1. The van der Waals surface area contributed by atoms with Crippen molar-refractivity contribution in [3.63, 3.8) is 0 Å². The number of anilines is 3. The molecule has 0 saturated heterocycles. The molecule has 0 amide bonds. The lowest BCUT2D eigenvalue weighted by molar-refractivity contribution is -0.137. The standard InChI is InChI=1S/C20H15F3N6O2S/c21-20(22,23)14-1-7-17(8-2-14)32(30,31)28-16-5-3-15(4-6-16)27-18-11-19(26-12-25-18)29-10-9-24-13-29/h1-13,28H,(H,25,26,27). The number of imidazole rings is 1. The van der Waals surface area contributed by atoms with Crippen molar-refractivity contribution in [3.8, 4) is 5.82 Å². The first kappa shape index (κ1) is 21.3. The number of hydrogen-bond acceptors (Lipinski definition) is 6. The van der Waals surface area contributed by atoms with Gasteiger partial charge in [0, 0.05) is 29.8 Å². The summed E-state index contributed by atoms with van der Waals surface area (Å²) in [5.41, 5.74) is -0.0391. The van der Waals surface area contributed by atoms with Crippen molar-refractivity contribution in [3.05, 3.63) is 85.2 Å². The molecule has 0 bridgehead atoms. The number of alkyl halides is 3. The van der Waals surface area contributed by atoms with Gasteiger partial charge >= 0.3 is 6.18 Å². The van der Waals surface area contributed by atoms with E-state index in [1.807, 2.05) is 0 Å². The molecule has 32 heavy (non-hydrogen) atoms. The van der Waals surface area contributed by atoms with E-state index in [4.69, 9.17) is 0 Å². The summed E-state index contributed by atoms with van der Waals surface area (Å²) in [5, 5.41) is 3.08. The van der Waals surface area contributed by atoms with E-state index < -0.39 is 21.8 Å². The molecule has 0 aliphatic heterocycles. The lowest BCUT2D eigenvalue weighted by Gasteiger charge is -2.11. The summed E-state index contributed by atoms with van der Waals surface area (Å²) in [7, 11) is -4.05. The zero-order chi connectivity index (χ0) is 22.8. The molecule has 2 N–H and O–H groups in total. The van der Waals surface area contributed by atoms with E-state index in [1.54, 1.807) is 41.5 Å². The van der Waals surface area contributed by atoms with Crippen molar-refractivity contribution < 1.29 is 21.6 Å². The van der Waals surface area contributed by atoms with Gasteiger partial charge < -0.3 is 5.32 Å². The minimum atomic E-state index is -4.54. The second kappa shape index (κ2) is 8.30. The van der Waals surface area contributed by atoms with Gasteiger partial charge in [0.1, 0.15) is 24.3 Å². The fourth-order valence-electron chi connectivity index (χ4n) is 2.76. The molecular weight excluding hydrogens is 445 g/mol. The molecule has 0 saturated carbocycles. The number of halogens is 3. The van der Waals surface area contributed by atoms with E-state index in [0.717, 1.165) is 24.3 Å². The summed E-state index contributed by atoms with van der Waals surface area (Å²) in [6.45, 7) is 0. The van der Waals surface area contributed by atoms with Crippen LogP contribution in [-0.2, 0) is 16.2 Å². The molecule has 164 valence electrons. The van der Waals surface area contributed by atoms with Gasteiger partial charge in [0.05, 0.1) is 10.5 Å². The Balaban J connectivity index is 1.45. The quantitative estimate of drug-likeness (QED) is 0.447. The predicted molar refractivity (Wildman–Crippen MR) is 111 cm³/mol. The molecule has 12 heteroatoms. The first-order chi connectivity index (χ1) is 15.2. The second-order valence-electron chi connectivity index (χ2n) is 6.56. The monoisotopic (exact) mass is 460 g/mol. The van der Waals surface area contributed by atoms with Gasteiger partial charge in [-0.1, -0.05) is 0 Å². The second-order valence-corrected chi connectivity index (χ2v) is 8.24. The average molecular weight is 460 g/mol. The Hall–Kier alpha value is -3.93. The normalized spacial score (nSPS) is 11.8. The molecule has 0 radical (unpaired) electrons. The first-order valence-electron chi connectivity index (χ1n) is 9.08. The molecule has 8 nitrogen and oxygen atoms in total. The summed E-state index contributed by atoms with van der Waals surface area (Å²) in [5.74, 6) is 1.13. The molecule has 4 rings (SSSR count). The Labute approximate surface area is 180 Å². The Morgan fingerprint density at radius 2 is 1.59 bits per heavy atom. The van der Waals surface area contributed by atoms with Crippen molar-refractivity contribution in [2.24, 2.45) is 0 Å². The van der Waals surface area contributed by atoms with Gasteiger partial charge in [-0.05, 0) is 48.5 Å². The van der Waals surface area contributed by atoms with Crippen LogP contribution in [0, 0.1) is 0 Å². The zero-order valence-corrected chi connectivity index (χ0v) is 17.0. The Kier molecular flexibility index (Phi) is 5.53. The summed E-state index contributed by atoms with van der Waals surface area (Å²) in [6, 6.07) is 11.3.